The lowest BCUT2D eigenvalue weighted by atomic mass is 9.72. The van der Waals surface area contributed by atoms with E-state index in [-0.39, 0.29) is 11.7 Å². The van der Waals surface area contributed by atoms with Gasteiger partial charge in [0.05, 0.1) is 17.6 Å². The molecule has 2 N–H and O–H groups in total. The second-order valence-corrected chi connectivity index (χ2v) is 7.59. The van der Waals surface area contributed by atoms with Gasteiger partial charge in [-0.2, -0.15) is 5.26 Å². The highest BCUT2D eigenvalue weighted by molar-refractivity contribution is 6.00. The number of pyridine rings is 1. The fraction of sp³-hybridized carbons (Fsp3) is 0.261. The number of benzene rings is 1. The Morgan fingerprint density at radius 3 is 2.48 bits per heavy atom. The van der Waals surface area contributed by atoms with Crippen LogP contribution in [-0.2, 0) is 4.79 Å². The van der Waals surface area contributed by atoms with Crippen molar-refractivity contribution < 1.29 is 4.79 Å². The third-order valence-electron chi connectivity index (χ3n) is 5.63. The number of Topliss-reactive ketones (excluding diaryl/α,β-unsaturated/α-hetero) is 1. The molecule has 0 radical (unpaired) electrons. The minimum Gasteiger partial charge on any atom is -0.383 e. The quantitative estimate of drug-likeness (QED) is 0.874. The van der Waals surface area contributed by atoms with Crippen LogP contribution in [0.2, 0.25) is 0 Å². The van der Waals surface area contributed by atoms with Gasteiger partial charge in [0.25, 0.3) is 0 Å². The first kappa shape index (κ1) is 18.9. The first-order chi connectivity index (χ1) is 14.0. The standard InChI is InChI=1S/C23H23N5O/c1-27(2)28-19-11-17(15-7-4-3-5-8-15)12-20(29)22(19)21(18(13-24)23(28)25)16-9-6-10-26-14-16/h3-10,14,17,21H,11-12,25H2,1-2H3. The van der Waals surface area contributed by atoms with Crippen LogP contribution in [-0.4, -0.2) is 34.9 Å². The second kappa shape index (κ2) is 7.53. The summed E-state index contributed by atoms with van der Waals surface area (Å²) in [5.41, 5.74) is 10.3. The summed E-state index contributed by atoms with van der Waals surface area (Å²) in [5, 5.41) is 13.6. The van der Waals surface area contributed by atoms with Gasteiger partial charge < -0.3 is 5.73 Å². The summed E-state index contributed by atoms with van der Waals surface area (Å²) in [5.74, 6) is 0.0210. The van der Waals surface area contributed by atoms with Crippen LogP contribution >= 0.6 is 0 Å². The molecule has 0 fully saturated rings. The molecule has 2 aliphatic rings. The van der Waals surface area contributed by atoms with Crippen molar-refractivity contribution in [2.45, 2.75) is 24.7 Å². The van der Waals surface area contributed by atoms with Gasteiger partial charge in [0.2, 0.25) is 0 Å². The first-order valence-electron chi connectivity index (χ1n) is 9.61. The lowest BCUT2D eigenvalue weighted by molar-refractivity contribution is -0.117. The lowest BCUT2D eigenvalue weighted by Gasteiger charge is -2.43. The van der Waals surface area contributed by atoms with Crippen LogP contribution in [0, 0.1) is 11.3 Å². The summed E-state index contributed by atoms with van der Waals surface area (Å²) in [4.78, 5) is 17.6. The fourth-order valence-electron chi connectivity index (χ4n) is 4.41. The third-order valence-corrected chi connectivity index (χ3v) is 5.63. The molecule has 1 aliphatic heterocycles. The molecular formula is C23H23N5O. The van der Waals surface area contributed by atoms with Gasteiger partial charge in [0, 0.05) is 44.2 Å². The van der Waals surface area contributed by atoms with Gasteiger partial charge in [0.15, 0.2) is 5.78 Å². The summed E-state index contributed by atoms with van der Waals surface area (Å²) in [6, 6.07) is 16.1. The summed E-state index contributed by atoms with van der Waals surface area (Å²) < 4.78 is 0. The van der Waals surface area contributed by atoms with Crippen LogP contribution in [0.4, 0.5) is 0 Å². The Morgan fingerprint density at radius 1 is 1.14 bits per heavy atom. The molecule has 0 saturated heterocycles. The predicted octanol–water partition coefficient (Wildman–Crippen LogP) is 3.05. The summed E-state index contributed by atoms with van der Waals surface area (Å²) in [6.45, 7) is 0. The predicted molar refractivity (Wildman–Crippen MR) is 110 cm³/mol. The van der Waals surface area contributed by atoms with Gasteiger partial charge in [-0.05, 0) is 29.5 Å². The van der Waals surface area contributed by atoms with Gasteiger partial charge in [-0.15, -0.1) is 0 Å². The minimum atomic E-state index is -0.482. The second-order valence-electron chi connectivity index (χ2n) is 7.59. The number of allylic oxidation sites excluding steroid dienone is 3. The molecular weight excluding hydrogens is 362 g/mol. The number of nitrogens with zero attached hydrogens (tertiary/aromatic N) is 4. The van der Waals surface area contributed by atoms with E-state index in [1.54, 1.807) is 12.4 Å². The lowest BCUT2D eigenvalue weighted by Crippen LogP contribution is -2.46. The van der Waals surface area contributed by atoms with Crippen LogP contribution in [0.3, 0.4) is 0 Å². The minimum absolute atomic E-state index is 0.0565. The molecule has 2 atom stereocenters. The van der Waals surface area contributed by atoms with E-state index in [2.05, 4.69) is 23.2 Å². The molecule has 2 unspecified atom stereocenters. The number of hydrogen-bond acceptors (Lipinski definition) is 6. The van der Waals surface area contributed by atoms with Crippen molar-refractivity contribution >= 4 is 5.78 Å². The Balaban J connectivity index is 1.89. The molecule has 0 amide bonds. The Kier molecular flexibility index (Phi) is 4.91. The molecule has 1 aromatic carbocycles. The largest absolute Gasteiger partial charge is 0.383 e. The highest BCUT2D eigenvalue weighted by Gasteiger charge is 2.43. The van der Waals surface area contributed by atoms with E-state index in [0.29, 0.717) is 29.8 Å². The molecule has 6 nitrogen and oxygen atoms in total. The van der Waals surface area contributed by atoms with Crippen molar-refractivity contribution in [3.8, 4) is 6.07 Å². The summed E-state index contributed by atoms with van der Waals surface area (Å²) in [7, 11) is 3.74. The van der Waals surface area contributed by atoms with Gasteiger partial charge in [-0.25, -0.2) is 5.01 Å². The van der Waals surface area contributed by atoms with Gasteiger partial charge >= 0.3 is 0 Å². The number of rotatable bonds is 3. The number of carbonyl (C=O) groups excluding carboxylic acids is 1. The van der Waals surface area contributed by atoms with Gasteiger partial charge in [-0.1, -0.05) is 36.4 Å². The van der Waals surface area contributed by atoms with Crippen molar-refractivity contribution in [1.82, 2.24) is 15.0 Å². The molecule has 1 aromatic heterocycles. The smallest absolute Gasteiger partial charge is 0.162 e. The van der Waals surface area contributed by atoms with Crippen molar-refractivity contribution in [1.29, 1.82) is 5.26 Å². The Morgan fingerprint density at radius 2 is 1.86 bits per heavy atom. The van der Waals surface area contributed by atoms with Crippen LogP contribution < -0.4 is 5.73 Å². The highest BCUT2D eigenvalue weighted by Crippen LogP contribution is 2.47. The number of ketones is 1. The van der Waals surface area contributed by atoms with Crippen LogP contribution in [0.5, 0.6) is 0 Å². The molecule has 0 saturated carbocycles. The molecule has 6 heteroatoms. The van der Waals surface area contributed by atoms with E-state index >= 15 is 0 Å². The maximum atomic E-state index is 13.4. The van der Waals surface area contributed by atoms with Crippen molar-refractivity contribution in [2.75, 3.05) is 14.1 Å². The Labute approximate surface area is 170 Å². The maximum absolute atomic E-state index is 13.4. The van der Waals surface area contributed by atoms with E-state index in [0.717, 1.165) is 16.8 Å². The molecule has 29 heavy (non-hydrogen) atoms. The number of hydrogen-bond donors (Lipinski definition) is 1. The van der Waals surface area contributed by atoms with Crippen LogP contribution in [0.15, 0.2) is 77.5 Å². The number of nitrogens with two attached hydrogens (primary N) is 1. The van der Waals surface area contributed by atoms with Crippen molar-refractivity contribution in [3.05, 3.63) is 88.6 Å². The molecule has 0 bridgehead atoms. The molecule has 4 rings (SSSR count). The molecule has 2 aromatic rings. The molecule has 2 heterocycles. The molecule has 0 spiro atoms. The van der Waals surface area contributed by atoms with Crippen molar-refractivity contribution in [2.24, 2.45) is 5.73 Å². The molecule has 146 valence electrons. The number of carbonyl (C=O) groups is 1. The summed E-state index contributed by atoms with van der Waals surface area (Å²) in [6.07, 6.45) is 4.49. The summed E-state index contributed by atoms with van der Waals surface area (Å²) >= 11 is 0. The van der Waals surface area contributed by atoms with E-state index in [1.165, 1.54) is 0 Å². The third kappa shape index (κ3) is 3.20. The SMILES string of the molecule is CN(C)N1C(N)=C(C#N)C(c2cccnc2)C2=C1CC(c1ccccc1)CC2=O. The van der Waals surface area contributed by atoms with E-state index in [9.17, 15) is 10.1 Å². The number of hydrazine groups is 1. The zero-order chi connectivity index (χ0) is 20.5. The van der Waals surface area contributed by atoms with Crippen LogP contribution in [0.1, 0.15) is 35.8 Å². The fourth-order valence-corrected chi connectivity index (χ4v) is 4.41. The molecule has 1 aliphatic carbocycles. The van der Waals surface area contributed by atoms with Crippen LogP contribution in [0.25, 0.3) is 0 Å². The topological polar surface area (TPSA) is 86.2 Å². The Bertz CT molecular complexity index is 1030. The maximum Gasteiger partial charge on any atom is 0.162 e. The highest BCUT2D eigenvalue weighted by atomic mass is 16.1. The average molecular weight is 385 g/mol. The van der Waals surface area contributed by atoms with Gasteiger partial charge in [-0.3, -0.25) is 14.8 Å². The van der Waals surface area contributed by atoms with Gasteiger partial charge in [0.1, 0.15) is 5.82 Å². The Hall–Kier alpha value is -3.43. The first-order valence-corrected chi connectivity index (χ1v) is 9.61. The number of nitriles is 1. The zero-order valence-corrected chi connectivity index (χ0v) is 16.5. The monoisotopic (exact) mass is 385 g/mol. The van der Waals surface area contributed by atoms with E-state index < -0.39 is 5.92 Å². The van der Waals surface area contributed by atoms with E-state index in [4.69, 9.17) is 5.73 Å². The zero-order valence-electron chi connectivity index (χ0n) is 16.5. The number of aromatic nitrogens is 1. The van der Waals surface area contributed by atoms with Crippen molar-refractivity contribution in [3.63, 3.8) is 0 Å². The van der Waals surface area contributed by atoms with E-state index in [1.807, 2.05) is 54.4 Å². The normalized spacial score (nSPS) is 22.0. The average Bonchev–Trinajstić information content (AvgIpc) is 2.73.